The van der Waals surface area contributed by atoms with E-state index in [4.69, 9.17) is 0 Å². The Labute approximate surface area is 166 Å². The molecule has 0 fully saturated rings. The van der Waals surface area contributed by atoms with Gasteiger partial charge in [-0.3, -0.25) is 14.0 Å². The molecule has 0 saturated heterocycles. The summed E-state index contributed by atoms with van der Waals surface area (Å²) in [6.07, 6.45) is 1.37. The minimum Gasteiger partial charge on any atom is -0.341 e. The Hall–Kier alpha value is -3.25. The lowest BCUT2D eigenvalue weighted by Gasteiger charge is -2.19. The SMILES string of the molecule is Cc1sc2ncc(C(=O)NC(c3ccccc3)c3ccccc3)c(=O)n2c1C. The van der Waals surface area contributed by atoms with Crippen LogP contribution in [0.4, 0.5) is 0 Å². The molecule has 0 aliphatic heterocycles. The molecule has 0 saturated carbocycles. The van der Waals surface area contributed by atoms with Gasteiger partial charge in [0.15, 0.2) is 4.96 Å². The lowest BCUT2D eigenvalue weighted by Crippen LogP contribution is -2.34. The number of amides is 1. The first-order valence-electron chi connectivity index (χ1n) is 8.95. The van der Waals surface area contributed by atoms with Crippen LogP contribution >= 0.6 is 11.3 Å². The van der Waals surface area contributed by atoms with Crippen LogP contribution in [0.3, 0.4) is 0 Å². The van der Waals surface area contributed by atoms with Gasteiger partial charge in [0, 0.05) is 16.8 Å². The van der Waals surface area contributed by atoms with Crippen molar-refractivity contribution in [3.05, 3.63) is 104 Å². The van der Waals surface area contributed by atoms with Gasteiger partial charge in [0.25, 0.3) is 11.5 Å². The normalized spacial score (nSPS) is 11.1. The van der Waals surface area contributed by atoms with Gasteiger partial charge >= 0.3 is 0 Å². The maximum atomic E-state index is 13.0. The average molecular weight is 389 g/mol. The highest BCUT2D eigenvalue weighted by Crippen LogP contribution is 2.22. The maximum Gasteiger partial charge on any atom is 0.271 e. The van der Waals surface area contributed by atoms with Gasteiger partial charge in [-0.05, 0) is 25.0 Å². The van der Waals surface area contributed by atoms with Crippen molar-refractivity contribution >= 4 is 22.2 Å². The highest BCUT2D eigenvalue weighted by Gasteiger charge is 2.21. The summed E-state index contributed by atoms with van der Waals surface area (Å²) in [5.41, 5.74) is 2.40. The zero-order chi connectivity index (χ0) is 19.7. The molecule has 4 aromatic rings. The Bertz CT molecular complexity index is 1160. The third-order valence-electron chi connectivity index (χ3n) is 4.80. The van der Waals surface area contributed by atoms with E-state index < -0.39 is 5.91 Å². The molecule has 140 valence electrons. The van der Waals surface area contributed by atoms with E-state index in [1.54, 1.807) is 0 Å². The third-order valence-corrected chi connectivity index (χ3v) is 5.88. The van der Waals surface area contributed by atoms with E-state index in [0.717, 1.165) is 21.7 Å². The fraction of sp³-hybridized carbons (Fsp3) is 0.136. The Morgan fingerprint density at radius 3 is 2.14 bits per heavy atom. The molecule has 0 bridgehead atoms. The predicted molar refractivity (Wildman–Crippen MR) is 111 cm³/mol. The molecule has 2 heterocycles. The van der Waals surface area contributed by atoms with Crippen LogP contribution in [0, 0.1) is 13.8 Å². The summed E-state index contributed by atoms with van der Waals surface area (Å²) in [7, 11) is 0. The first-order valence-corrected chi connectivity index (χ1v) is 9.76. The van der Waals surface area contributed by atoms with Crippen LogP contribution in [0.25, 0.3) is 4.96 Å². The van der Waals surface area contributed by atoms with Gasteiger partial charge in [-0.15, -0.1) is 11.3 Å². The first kappa shape index (κ1) is 18.1. The molecule has 0 radical (unpaired) electrons. The van der Waals surface area contributed by atoms with Gasteiger partial charge in [0.2, 0.25) is 0 Å². The minimum absolute atomic E-state index is 0.0373. The van der Waals surface area contributed by atoms with Crippen molar-refractivity contribution in [3.63, 3.8) is 0 Å². The second kappa shape index (κ2) is 7.40. The summed E-state index contributed by atoms with van der Waals surface area (Å²) in [4.78, 5) is 31.9. The van der Waals surface area contributed by atoms with E-state index in [9.17, 15) is 9.59 Å². The van der Waals surface area contributed by atoms with Crippen LogP contribution in [0.5, 0.6) is 0 Å². The number of thiazole rings is 1. The highest BCUT2D eigenvalue weighted by molar-refractivity contribution is 7.17. The molecule has 28 heavy (non-hydrogen) atoms. The zero-order valence-corrected chi connectivity index (χ0v) is 16.4. The van der Waals surface area contributed by atoms with Crippen LogP contribution in [-0.2, 0) is 0 Å². The summed E-state index contributed by atoms with van der Waals surface area (Å²) in [5, 5.41) is 3.01. The molecule has 1 N–H and O–H groups in total. The third kappa shape index (κ3) is 3.23. The standard InChI is InChI=1S/C22H19N3O2S/c1-14-15(2)28-22-23-13-18(21(27)25(14)22)20(26)24-19(16-9-5-3-6-10-16)17-11-7-4-8-12-17/h3-13,19H,1-2H3,(H,24,26). The van der Waals surface area contributed by atoms with Crippen molar-refractivity contribution < 1.29 is 4.79 Å². The molecule has 0 atom stereocenters. The fourth-order valence-corrected chi connectivity index (χ4v) is 4.12. The van der Waals surface area contributed by atoms with Crippen molar-refractivity contribution in [3.8, 4) is 0 Å². The first-order chi connectivity index (χ1) is 13.6. The molecular weight excluding hydrogens is 370 g/mol. The molecule has 1 amide bonds. The van der Waals surface area contributed by atoms with E-state index in [-0.39, 0.29) is 17.2 Å². The van der Waals surface area contributed by atoms with Crippen LogP contribution < -0.4 is 10.9 Å². The average Bonchev–Trinajstić information content (AvgIpc) is 3.02. The van der Waals surface area contributed by atoms with E-state index >= 15 is 0 Å². The molecule has 2 aromatic carbocycles. The number of aromatic nitrogens is 2. The second-order valence-corrected chi connectivity index (χ2v) is 7.75. The maximum absolute atomic E-state index is 13.0. The van der Waals surface area contributed by atoms with Gasteiger partial charge in [-0.2, -0.15) is 0 Å². The van der Waals surface area contributed by atoms with Gasteiger partial charge in [0.1, 0.15) is 5.56 Å². The number of rotatable bonds is 4. The lowest BCUT2D eigenvalue weighted by atomic mass is 9.98. The topological polar surface area (TPSA) is 63.5 Å². The van der Waals surface area contributed by atoms with Crippen molar-refractivity contribution in [1.29, 1.82) is 0 Å². The number of aryl methyl sites for hydroxylation is 2. The summed E-state index contributed by atoms with van der Waals surface area (Å²) >= 11 is 1.44. The van der Waals surface area contributed by atoms with Crippen molar-refractivity contribution in [2.24, 2.45) is 0 Å². The Balaban J connectivity index is 1.75. The number of hydrogen-bond donors (Lipinski definition) is 1. The number of carbonyl (C=O) groups excluding carboxylic acids is 1. The molecule has 4 rings (SSSR count). The van der Waals surface area contributed by atoms with Crippen LogP contribution in [-0.4, -0.2) is 15.3 Å². The largest absolute Gasteiger partial charge is 0.341 e. The Morgan fingerprint density at radius 1 is 1.00 bits per heavy atom. The fourth-order valence-electron chi connectivity index (χ4n) is 3.19. The molecule has 0 unspecified atom stereocenters. The van der Waals surface area contributed by atoms with Crippen LogP contribution in [0.2, 0.25) is 0 Å². The van der Waals surface area contributed by atoms with Crippen molar-refractivity contribution in [2.45, 2.75) is 19.9 Å². The van der Waals surface area contributed by atoms with E-state index in [2.05, 4.69) is 10.3 Å². The molecule has 2 aromatic heterocycles. The number of fused-ring (bicyclic) bond motifs is 1. The Kier molecular flexibility index (Phi) is 4.79. The smallest absolute Gasteiger partial charge is 0.271 e. The summed E-state index contributed by atoms with van der Waals surface area (Å²) in [6, 6.07) is 19.0. The highest BCUT2D eigenvalue weighted by atomic mass is 32.1. The molecule has 5 nitrogen and oxygen atoms in total. The number of carbonyl (C=O) groups is 1. The van der Waals surface area contributed by atoms with Gasteiger partial charge in [-0.25, -0.2) is 4.98 Å². The van der Waals surface area contributed by atoms with Crippen LogP contribution in [0.1, 0.15) is 38.1 Å². The number of hydrogen-bond acceptors (Lipinski definition) is 4. The van der Waals surface area contributed by atoms with Crippen molar-refractivity contribution in [1.82, 2.24) is 14.7 Å². The zero-order valence-electron chi connectivity index (χ0n) is 15.5. The molecule has 6 heteroatoms. The van der Waals surface area contributed by atoms with E-state index in [1.165, 1.54) is 21.9 Å². The van der Waals surface area contributed by atoms with E-state index in [1.807, 2.05) is 74.5 Å². The van der Waals surface area contributed by atoms with E-state index in [0.29, 0.717) is 4.96 Å². The predicted octanol–water partition coefficient (Wildman–Crippen LogP) is 3.89. The molecule has 0 aliphatic carbocycles. The second-order valence-electron chi connectivity index (χ2n) is 6.57. The number of benzene rings is 2. The van der Waals surface area contributed by atoms with Crippen LogP contribution in [0.15, 0.2) is 71.7 Å². The summed E-state index contributed by atoms with van der Waals surface area (Å²) < 4.78 is 1.51. The van der Waals surface area contributed by atoms with Gasteiger partial charge < -0.3 is 5.32 Å². The summed E-state index contributed by atoms with van der Waals surface area (Å²) in [6.45, 7) is 3.80. The lowest BCUT2D eigenvalue weighted by molar-refractivity contribution is 0.0941. The minimum atomic E-state index is -0.437. The Morgan fingerprint density at radius 2 is 1.57 bits per heavy atom. The monoisotopic (exact) mass is 389 g/mol. The molecular formula is C22H19N3O2S. The van der Waals surface area contributed by atoms with Crippen molar-refractivity contribution in [2.75, 3.05) is 0 Å². The number of nitrogens with one attached hydrogen (secondary N) is 1. The number of nitrogens with zero attached hydrogens (tertiary/aromatic N) is 2. The van der Waals surface area contributed by atoms with Gasteiger partial charge in [0.05, 0.1) is 6.04 Å². The summed E-state index contributed by atoms with van der Waals surface area (Å²) in [5.74, 6) is -0.437. The quantitative estimate of drug-likeness (QED) is 0.576. The molecule has 0 aliphatic rings. The van der Waals surface area contributed by atoms with Gasteiger partial charge in [-0.1, -0.05) is 60.7 Å². The molecule has 0 spiro atoms.